The summed E-state index contributed by atoms with van der Waals surface area (Å²) in [6.07, 6.45) is 8.29. The van der Waals surface area contributed by atoms with Crippen molar-refractivity contribution in [2.45, 2.75) is 82.0 Å². The zero-order valence-electron chi connectivity index (χ0n) is 23.5. The molecular weight excluding hydrogens is 544 g/mol. The zero-order chi connectivity index (χ0) is 28.9. The maximum Gasteiger partial charge on any atom is 0.335 e. The summed E-state index contributed by atoms with van der Waals surface area (Å²) in [5, 5.41) is 30.1. The predicted octanol–water partition coefficient (Wildman–Crippen LogP) is 4.86. The molecule has 2 aromatic rings. The van der Waals surface area contributed by atoms with Gasteiger partial charge in [0.2, 0.25) is 0 Å². The highest BCUT2D eigenvalue weighted by atomic mass is 35.5. The molecule has 5 rings (SSSR count). The van der Waals surface area contributed by atoms with Crippen LogP contribution in [0.25, 0.3) is 11.3 Å². The fourth-order valence-corrected chi connectivity index (χ4v) is 5.83. The first kappa shape index (κ1) is 29.5. The fourth-order valence-electron chi connectivity index (χ4n) is 5.63. The summed E-state index contributed by atoms with van der Waals surface area (Å²) >= 11 is 6.55. The van der Waals surface area contributed by atoms with Crippen LogP contribution in [0.3, 0.4) is 0 Å². The molecule has 4 N–H and O–H groups in total. The average Bonchev–Trinajstić information content (AvgIpc) is 3.79. The Labute approximate surface area is 246 Å². The zero-order valence-corrected chi connectivity index (χ0v) is 24.3. The number of carboxylic acids is 1. The van der Waals surface area contributed by atoms with Crippen LogP contribution in [0.5, 0.6) is 0 Å². The van der Waals surface area contributed by atoms with Crippen LogP contribution in [0.2, 0.25) is 5.02 Å². The van der Waals surface area contributed by atoms with Gasteiger partial charge in [-0.3, -0.25) is 0 Å². The van der Waals surface area contributed by atoms with Gasteiger partial charge >= 0.3 is 5.97 Å². The van der Waals surface area contributed by atoms with Gasteiger partial charge in [-0.2, -0.15) is 5.26 Å². The molecule has 2 aliphatic carbocycles. The number of aliphatic carboxylic acids is 1. The van der Waals surface area contributed by atoms with Gasteiger partial charge in [-0.1, -0.05) is 17.7 Å². The third-order valence-electron chi connectivity index (χ3n) is 8.48. The molecule has 2 saturated carbocycles. The summed E-state index contributed by atoms with van der Waals surface area (Å²) in [5.41, 5.74) is 0.151. The van der Waals surface area contributed by atoms with Gasteiger partial charge in [-0.25, -0.2) is 14.8 Å². The number of hydrogen-bond acceptors (Lipinski definition) is 9. The lowest BCUT2D eigenvalue weighted by molar-refractivity contribution is -0.154. The third-order valence-corrected chi connectivity index (χ3v) is 8.78. The van der Waals surface area contributed by atoms with E-state index in [0.717, 1.165) is 42.8 Å². The van der Waals surface area contributed by atoms with Crippen LogP contribution in [-0.4, -0.2) is 71.1 Å². The molecule has 3 aliphatic rings. The topological polar surface area (TPSA) is 141 Å². The number of nitriles is 1. The van der Waals surface area contributed by atoms with Crippen LogP contribution in [-0.2, 0) is 14.3 Å². The summed E-state index contributed by atoms with van der Waals surface area (Å²) in [6, 6.07) is 11.0. The molecule has 3 fully saturated rings. The van der Waals surface area contributed by atoms with E-state index in [4.69, 9.17) is 26.1 Å². The van der Waals surface area contributed by atoms with Crippen molar-refractivity contribution in [2.24, 2.45) is 5.41 Å². The Morgan fingerprint density at radius 2 is 1.93 bits per heavy atom. The van der Waals surface area contributed by atoms with E-state index < -0.39 is 17.0 Å². The van der Waals surface area contributed by atoms with Gasteiger partial charge in [-0.05, 0) is 76.5 Å². The van der Waals surface area contributed by atoms with Gasteiger partial charge in [0, 0.05) is 49.6 Å². The molecule has 41 heavy (non-hydrogen) atoms. The van der Waals surface area contributed by atoms with Crippen LogP contribution in [0.4, 0.5) is 11.6 Å². The summed E-state index contributed by atoms with van der Waals surface area (Å²) in [7, 11) is 0. The smallest absolute Gasteiger partial charge is 0.335 e. The Kier molecular flexibility index (Phi) is 9.29. The van der Waals surface area contributed by atoms with E-state index in [1.165, 1.54) is 0 Å². The third kappa shape index (κ3) is 7.46. The van der Waals surface area contributed by atoms with Crippen LogP contribution in [0.15, 0.2) is 30.5 Å². The first-order chi connectivity index (χ1) is 19.8. The number of nitrogens with one attached hydrogen (secondary N) is 3. The first-order valence-corrected chi connectivity index (χ1v) is 14.9. The molecule has 0 aromatic carbocycles. The Morgan fingerprint density at radius 3 is 2.61 bits per heavy atom. The van der Waals surface area contributed by atoms with Gasteiger partial charge in [-0.15, -0.1) is 0 Å². The molecule has 0 unspecified atom stereocenters. The molecular formula is C30H39ClN6O4. The molecule has 1 saturated heterocycles. The van der Waals surface area contributed by atoms with Gasteiger partial charge in [0.1, 0.15) is 11.6 Å². The van der Waals surface area contributed by atoms with Crippen molar-refractivity contribution in [3.63, 3.8) is 0 Å². The molecule has 220 valence electrons. The molecule has 2 aromatic heterocycles. The second kappa shape index (κ2) is 12.9. The number of aromatic nitrogens is 2. The number of ether oxygens (including phenoxy) is 2. The largest absolute Gasteiger partial charge is 0.479 e. The van der Waals surface area contributed by atoms with Crippen LogP contribution < -0.4 is 16.0 Å². The van der Waals surface area contributed by atoms with Crippen molar-refractivity contribution in [3.8, 4) is 17.3 Å². The number of anilines is 2. The lowest BCUT2D eigenvalue weighted by Crippen LogP contribution is -2.44. The Hall–Kier alpha value is -2.97. The minimum Gasteiger partial charge on any atom is -0.479 e. The van der Waals surface area contributed by atoms with Gasteiger partial charge in [0.15, 0.2) is 5.60 Å². The number of halogens is 1. The SMILES string of the molecule is C[C@@H](COC1(C(=O)O)CC1)N[C@H]1CC[C@H](Nc2cc(-c3cccc(NCC4(C#N)CCOCC4)n3)c(Cl)cn2)CC1. The van der Waals surface area contributed by atoms with E-state index >= 15 is 0 Å². The quantitative estimate of drug-likeness (QED) is 0.274. The predicted molar refractivity (Wildman–Crippen MR) is 157 cm³/mol. The lowest BCUT2D eigenvalue weighted by atomic mass is 9.82. The number of hydrogen-bond donors (Lipinski definition) is 4. The minimum atomic E-state index is -0.944. The van der Waals surface area contributed by atoms with Crippen molar-refractivity contribution < 1.29 is 19.4 Å². The van der Waals surface area contributed by atoms with Crippen molar-refractivity contribution >= 4 is 29.2 Å². The molecule has 0 spiro atoms. The second-order valence-electron chi connectivity index (χ2n) is 11.7. The molecule has 0 radical (unpaired) electrons. The van der Waals surface area contributed by atoms with Crippen molar-refractivity contribution in [1.29, 1.82) is 5.26 Å². The summed E-state index contributed by atoms with van der Waals surface area (Å²) in [6.45, 7) is 4.18. The molecule has 1 aliphatic heterocycles. The highest BCUT2D eigenvalue weighted by molar-refractivity contribution is 6.33. The highest BCUT2D eigenvalue weighted by Crippen LogP contribution is 2.40. The van der Waals surface area contributed by atoms with Crippen molar-refractivity contribution in [2.75, 3.05) is 37.0 Å². The molecule has 0 amide bonds. The standard InChI is InChI=1S/C30H39ClN6O4/c1-20(17-41-30(9-10-30)28(38)39)35-21-5-7-22(8-6-21)36-27-15-23(24(31)16-33-27)25-3-2-4-26(37-25)34-19-29(18-32)11-13-40-14-12-29/h2-4,15-16,20-22,35H,5-14,17,19H2,1H3,(H,33,36)(H,34,37)(H,38,39)/t20-,21-,22-/m0/s1. The Balaban J connectivity index is 1.13. The summed E-state index contributed by atoms with van der Waals surface area (Å²) < 4.78 is 11.1. The van der Waals surface area contributed by atoms with E-state index in [2.05, 4.69) is 27.0 Å². The van der Waals surface area contributed by atoms with E-state index in [-0.39, 0.29) is 6.04 Å². The maximum absolute atomic E-state index is 11.3. The number of carboxylic acid groups (broad SMARTS) is 1. The lowest BCUT2D eigenvalue weighted by Gasteiger charge is -2.32. The number of pyridine rings is 2. The van der Waals surface area contributed by atoms with Crippen molar-refractivity contribution in [3.05, 3.63) is 35.5 Å². The van der Waals surface area contributed by atoms with E-state index in [1.54, 1.807) is 6.20 Å². The molecule has 0 bridgehead atoms. The molecule has 10 nitrogen and oxygen atoms in total. The van der Waals surface area contributed by atoms with Gasteiger partial charge < -0.3 is 30.5 Å². The highest BCUT2D eigenvalue weighted by Gasteiger charge is 2.52. The van der Waals surface area contributed by atoms with Gasteiger partial charge in [0.25, 0.3) is 0 Å². The second-order valence-corrected chi connectivity index (χ2v) is 12.1. The van der Waals surface area contributed by atoms with Crippen LogP contribution in [0.1, 0.15) is 58.3 Å². The molecule has 3 heterocycles. The summed E-state index contributed by atoms with van der Waals surface area (Å²) in [5.74, 6) is 0.609. The summed E-state index contributed by atoms with van der Waals surface area (Å²) in [4.78, 5) is 20.6. The Morgan fingerprint density at radius 1 is 1.20 bits per heavy atom. The number of carbonyl (C=O) groups is 1. The van der Waals surface area contributed by atoms with Crippen LogP contribution in [0, 0.1) is 16.7 Å². The van der Waals surface area contributed by atoms with E-state index in [9.17, 15) is 15.2 Å². The maximum atomic E-state index is 11.3. The monoisotopic (exact) mass is 582 g/mol. The Bertz CT molecular complexity index is 1250. The fraction of sp³-hybridized carbons (Fsp3) is 0.600. The van der Waals surface area contributed by atoms with E-state index in [0.29, 0.717) is 75.0 Å². The van der Waals surface area contributed by atoms with E-state index in [1.807, 2.05) is 31.2 Å². The number of nitrogens with zero attached hydrogens (tertiary/aromatic N) is 3. The van der Waals surface area contributed by atoms with Crippen molar-refractivity contribution in [1.82, 2.24) is 15.3 Å². The first-order valence-electron chi connectivity index (χ1n) is 14.6. The van der Waals surface area contributed by atoms with Gasteiger partial charge in [0.05, 0.1) is 28.8 Å². The molecule has 11 heteroatoms. The normalized spacial score (nSPS) is 23.6. The minimum absolute atomic E-state index is 0.0988. The number of rotatable bonds is 12. The van der Waals surface area contributed by atoms with Crippen LogP contribution >= 0.6 is 11.6 Å². The molecule has 1 atom stereocenters. The average molecular weight is 583 g/mol.